The van der Waals surface area contributed by atoms with Crippen molar-refractivity contribution < 1.29 is 0 Å². The third kappa shape index (κ3) is 2.23. The Balaban J connectivity index is 2.81. The fraction of sp³-hybridized carbons (Fsp3) is 0.400. The van der Waals surface area contributed by atoms with E-state index >= 15 is 0 Å². The molecule has 0 bridgehead atoms. The van der Waals surface area contributed by atoms with Gasteiger partial charge in [0.2, 0.25) is 0 Å². The van der Waals surface area contributed by atoms with Crippen molar-refractivity contribution >= 4 is 11.6 Å². The molecule has 1 aromatic rings. The van der Waals surface area contributed by atoms with Crippen molar-refractivity contribution in [3.8, 4) is 0 Å². The molecule has 1 rings (SSSR count). The lowest BCUT2D eigenvalue weighted by atomic mass is 9.99. The zero-order chi connectivity index (χ0) is 8.27. The summed E-state index contributed by atoms with van der Waals surface area (Å²) in [7, 11) is 0. The molecule has 0 aliphatic heterocycles. The molecule has 0 fully saturated rings. The number of halogens is 1. The summed E-state index contributed by atoms with van der Waals surface area (Å²) in [6.45, 7) is 4.42. The molecule has 0 saturated heterocycles. The average molecular weight is 169 g/mol. The van der Waals surface area contributed by atoms with E-state index < -0.39 is 0 Å². The van der Waals surface area contributed by atoms with E-state index in [2.05, 4.69) is 26.0 Å². The summed E-state index contributed by atoms with van der Waals surface area (Å²) >= 11 is 5.76. The Kier molecular flexibility index (Phi) is 2.95. The maximum absolute atomic E-state index is 5.76. The van der Waals surface area contributed by atoms with Crippen LogP contribution in [0.2, 0.25) is 5.02 Å². The van der Waals surface area contributed by atoms with Crippen LogP contribution in [0.15, 0.2) is 24.3 Å². The van der Waals surface area contributed by atoms with E-state index in [9.17, 15) is 0 Å². The second kappa shape index (κ2) is 3.77. The van der Waals surface area contributed by atoms with E-state index in [1.54, 1.807) is 0 Å². The molecule has 0 unspecified atom stereocenters. The SMILES string of the molecule is CC[C@H](C)c1ccc(Cl)cc1. The quantitative estimate of drug-likeness (QED) is 0.629. The molecule has 0 spiro atoms. The van der Waals surface area contributed by atoms with E-state index in [-0.39, 0.29) is 0 Å². The normalized spacial score (nSPS) is 13.0. The Morgan fingerprint density at radius 3 is 2.27 bits per heavy atom. The van der Waals surface area contributed by atoms with Crippen LogP contribution in [0.1, 0.15) is 31.7 Å². The zero-order valence-electron chi connectivity index (χ0n) is 6.97. The molecule has 11 heavy (non-hydrogen) atoms. The highest BCUT2D eigenvalue weighted by molar-refractivity contribution is 6.30. The first-order valence-corrected chi connectivity index (χ1v) is 4.37. The molecular formula is C10H13Cl. The second-order valence-corrected chi connectivity index (χ2v) is 3.30. The van der Waals surface area contributed by atoms with Crippen LogP contribution in [0.5, 0.6) is 0 Å². The van der Waals surface area contributed by atoms with Gasteiger partial charge >= 0.3 is 0 Å². The summed E-state index contributed by atoms with van der Waals surface area (Å²) < 4.78 is 0. The minimum absolute atomic E-state index is 0.646. The summed E-state index contributed by atoms with van der Waals surface area (Å²) in [4.78, 5) is 0. The van der Waals surface area contributed by atoms with Gasteiger partial charge in [0.05, 0.1) is 0 Å². The van der Waals surface area contributed by atoms with Gasteiger partial charge < -0.3 is 0 Å². The van der Waals surface area contributed by atoms with Crippen molar-refractivity contribution in [2.24, 2.45) is 0 Å². The first-order chi connectivity index (χ1) is 5.24. The standard InChI is InChI=1S/C10H13Cl/c1-3-8(2)9-4-6-10(11)7-5-9/h4-8H,3H2,1-2H3/t8-/m0/s1. The number of hydrogen-bond donors (Lipinski definition) is 0. The lowest BCUT2D eigenvalue weighted by molar-refractivity contribution is 0.734. The molecule has 0 amide bonds. The van der Waals surface area contributed by atoms with Gasteiger partial charge in [0.15, 0.2) is 0 Å². The Morgan fingerprint density at radius 1 is 1.27 bits per heavy atom. The fourth-order valence-electron chi connectivity index (χ4n) is 1.03. The van der Waals surface area contributed by atoms with E-state index in [4.69, 9.17) is 11.6 Å². The van der Waals surface area contributed by atoms with Crippen molar-refractivity contribution in [1.29, 1.82) is 0 Å². The van der Waals surface area contributed by atoms with E-state index in [0.29, 0.717) is 5.92 Å². The lowest BCUT2D eigenvalue weighted by Crippen LogP contribution is -1.89. The molecule has 0 aromatic heterocycles. The smallest absolute Gasteiger partial charge is 0.0406 e. The van der Waals surface area contributed by atoms with Crippen LogP contribution >= 0.6 is 11.6 Å². The van der Waals surface area contributed by atoms with Crippen LogP contribution in [0, 0.1) is 0 Å². The molecule has 0 radical (unpaired) electrons. The monoisotopic (exact) mass is 168 g/mol. The predicted octanol–water partition coefficient (Wildman–Crippen LogP) is 3.85. The molecule has 1 heteroatoms. The van der Waals surface area contributed by atoms with Gasteiger partial charge in [-0.05, 0) is 30.0 Å². The Bertz CT molecular complexity index is 213. The largest absolute Gasteiger partial charge is 0.0843 e. The fourth-order valence-corrected chi connectivity index (χ4v) is 1.15. The van der Waals surface area contributed by atoms with Crippen molar-refractivity contribution in [2.75, 3.05) is 0 Å². The molecule has 0 saturated carbocycles. The maximum atomic E-state index is 5.76. The highest BCUT2D eigenvalue weighted by Gasteiger charge is 2.00. The molecule has 0 aliphatic rings. The molecule has 1 aromatic carbocycles. The van der Waals surface area contributed by atoms with Crippen LogP contribution in [0.25, 0.3) is 0 Å². The topological polar surface area (TPSA) is 0 Å². The van der Waals surface area contributed by atoms with Gasteiger partial charge in [0.25, 0.3) is 0 Å². The third-order valence-electron chi connectivity index (χ3n) is 2.05. The zero-order valence-corrected chi connectivity index (χ0v) is 7.73. The summed E-state index contributed by atoms with van der Waals surface area (Å²) in [5.74, 6) is 0.646. The minimum Gasteiger partial charge on any atom is -0.0843 e. The van der Waals surface area contributed by atoms with Crippen LogP contribution in [-0.4, -0.2) is 0 Å². The number of benzene rings is 1. The summed E-state index contributed by atoms with van der Waals surface area (Å²) in [5, 5.41) is 0.817. The van der Waals surface area contributed by atoms with Crippen LogP contribution in [-0.2, 0) is 0 Å². The molecule has 0 N–H and O–H groups in total. The average Bonchev–Trinajstić information content (AvgIpc) is 2.05. The predicted molar refractivity (Wildman–Crippen MR) is 50.2 cm³/mol. The summed E-state index contributed by atoms with van der Waals surface area (Å²) in [6, 6.07) is 8.08. The first kappa shape index (κ1) is 8.61. The van der Waals surface area contributed by atoms with Crippen molar-refractivity contribution in [2.45, 2.75) is 26.2 Å². The van der Waals surface area contributed by atoms with Gasteiger partial charge in [-0.15, -0.1) is 0 Å². The van der Waals surface area contributed by atoms with E-state index in [1.807, 2.05) is 12.1 Å². The molecule has 0 heterocycles. The Morgan fingerprint density at radius 2 is 1.82 bits per heavy atom. The molecule has 0 nitrogen and oxygen atoms in total. The maximum Gasteiger partial charge on any atom is 0.0406 e. The van der Waals surface area contributed by atoms with Gasteiger partial charge in [-0.25, -0.2) is 0 Å². The first-order valence-electron chi connectivity index (χ1n) is 3.99. The number of rotatable bonds is 2. The summed E-state index contributed by atoms with van der Waals surface area (Å²) in [6.07, 6.45) is 1.18. The summed E-state index contributed by atoms with van der Waals surface area (Å²) in [5.41, 5.74) is 1.37. The molecule has 60 valence electrons. The van der Waals surface area contributed by atoms with E-state index in [0.717, 1.165) is 5.02 Å². The highest BCUT2D eigenvalue weighted by atomic mass is 35.5. The van der Waals surface area contributed by atoms with Gasteiger partial charge in [-0.2, -0.15) is 0 Å². The molecule has 1 atom stereocenters. The third-order valence-corrected chi connectivity index (χ3v) is 2.30. The van der Waals surface area contributed by atoms with Crippen molar-refractivity contribution in [3.05, 3.63) is 34.9 Å². The number of hydrogen-bond acceptors (Lipinski definition) is 0. The Hall–Kier alpha value is -0.490. The van der Waals surface area contributed by atoms with Crippen LogP contribution < -0.4 is 0 Å². The van der Waals surface area contributed by atoms with Gasteiger partial charge in [0, 0.05) is 5.02 Å². The van der Waals surface area contributed by atoms with Gasteiger partial charge in [-0.1, -0.05) is 37.6 Å². The van der Waals surface area contributed by atoms with Gasteiger partial charge in [-0.3, -0.25) is 0 Å². The molecule has 0 aliphatic carbocycles. The molecular weight excluding hydrogens is 156 g/mol. The van der Waals surface area contributed by atoms with Crippen LogP contribution in [0.3, 0.4) is 0 Å². The highest BCUT2D eigenvalue weighted by Crippen LogP contribution is 2.20. The van der Waals surface area contributed by atoms with Crippen molar-refractivity contribution in [1.82, 2.24) is 0 Å². The Labute approximate surface area is 73.2 Å². The van der Waals surface area contributed by atoms with E-state index in [1.165, 1.54) is 12.0 Å². The van der Waals surface area contributed by atoms with Gasteiger partial charge in [0.1, 0.15) is 0 Å². The minimum atomic E-state index is 0.646. The van der Waals surface area contributed by atoms with Crippen LogP contribution in [0.4, 0.5) is 0 Å². The second-order valence-electron chi connectivity index (χ2n) is 2.86. The lowest BCUT2D eigenvalue weighted by Gasteiger charge is -2.07. The van der Waals surface area contributed by atoms with Crippen molar-refractivity contribution in [3.63, 3.8) is 0 Å².